The average Bonchev–Trinajstić information content (AvgIpc) is 2.64. The van der Waals surface area contributed by atoms with Crippen molar-refractivity contribution < 1.29 is 4.42 Å². The van der Waals surface area contributed by atoms with Crippen LogP contribution in [0.5, 0.6) is 0 Å². The van der Waals surface area contributed by atoms with Gasteiger partial charge >= 0.3 is 0 Å². The predicted molar refractivity (Wildman–Crippen MR) is 77.2 cm³/mol. The monoisotopic (exact) mass is 238 g/mol. The summed E-state index contributed by atoms with van der Waals surface area (Å²) in [6.45, 7) is 8.83. The molecule has 1 aromatic heterocycles. The van der Waals surface area contributed by atoms with Crippen LogP contribution in [0.15, 0.2) is 40.8 Å². The van der Waals surface area contributed by atoms with Crippen molar-refractivity contribution in [3.05, 3.63) is 47.5 Å². The molecule has 0 N–H and O–H groups in total. The first-order valence-corrected chi connectivity index (χ1v) is 6.39. The van der Waals surface area contributed by atoms with Gasteiger partial charge in [-0.2, -0.15) is 0 Å². The van der Waals surface area contributed by atoms with Crippen molar-refractivity contribution in [2.45, 2.75) is 33.1 Å². The smallest absolute Gasteiger partial charge is 0.135 e. The molecule has 92 valence electrons. The van der Waals surface area contributed by atoms with Crippen LogP contribution in [0.2, 0.25) is 0 Å². The van der Waals surface area contributed by atoms with Crippen LogP contribution in [0.3, 0.4) is 0 Å². The van der Waals surface area contributed by atoms with Gasteiger partial charge in [-0.3, -0.25) is 0 Å². The summed E-state index contributed by atoms with van der Waals surface area (Å²) in [5.74, 6) is 0. The fourth-order valence-corrected chi connectivity index (χ4v) is 2.56. The van der Waals surface area contributed by atoms with E-state index in [4.69, 9.17) is 4.42 Å². The molecule has 0 unspecified atom stereocenters. The van der Waals surface area contributed by atoms with Crippen LogP contribution < -0.4 is 0 Å². The van der Waals surface area contributed by atoms with Crippen molar-refractivity contribution >= 4 is 21.9 Å². The molecule has 0 saturated carbocycles. The molecule has 0 saturated heterocycles. The molecule has 0 bridgehead atoms. The van der Waals surface area contributed by atoms with Gasteiger partial charge in [0.15, 0.2) is 0 Å². The zero-order valence-electron chi connectivity index (χ0n) is 11.4. The summed E-state index contributed by atoms with van der Waals surface area (Å²) in [5.41, 5.74) is 4.69. The second kappa shape index (κ2) is 3.61. The van der Waals surface area contributed by atoms with Crippen LogP contribution in [0.1, 0.15) is 31.9 Å². The van der Waals surface area contributed by atoms with E-state index >= 15 is 0 Å². The maximum absolute atomic E-state index is 5.97. The molecule has 0 aliphatic rings. The van der Waals surface area contributed by atoms with Crippen molar-refractivity contribution in [3.63, 3.8) is 0 Å². The molecule has 1 nitrogen and oxygen atoms in total. The highest BCUT2D eigenvalue weighted by atomic mass is 16.3. The van der Waals surface area contributed by atoms with E-state index in [1.165, 1.54) is 21.9 Å². The molecule has 1 heterocycles. The van der Waals surface area contributed by atoms with Crippen LogP contribution >= 0.6 is 0 Å². The van der Waals surface area contributed by atoms with Gasteiger partial charge in [-0.1, -0.05) is 45.0 Å². The summed E-state index contributed by atoms with van der Waals surface area (Å²) in [6.07, 6.45) is 0. The van der Waals surface area contributed by atoms with Crippen molar-refractivity contribution in [2.24, 2.45) is 0 Å². The quantitative estimate of drug-likeness (QED) is 0.525. The molecule has 0 atom stereocenters. The molecule has 2 aromatic carbocycles. The Morgan fingerprint density at radius 1 is 0.944 bits per heavy atom. The van der Waals surface area contributed by atoms with Gasteiger partial charge in [0.1, 0.15) is 11.2 Å². The largest absolute Gasteiger partial charge is 0.456 e. The predicted octanol–water partition coefficient (Wildman–Crippen LogP) is 5.19. The molecule has 18 heavy (non-hydrogen) atoms. The van der Waals surface area contributed by atoms with Gasteiger partial charge in [-0.05, 0) is 35.6 Å². The van der Waals surface area contributed by atoms with Crippen molar-refractivity contribution in [3.8, 4) is 0 Å². The second-order valence-electron chi connectivity index (χ2n) is 6.03. The van der Waals surface area contributed by atoms with Gasteiger partial charge in [0.2, 0.25) is 0 Å². The molecule has 3 rings (SSSR count). The van der Waals surface area contributed by atoms with Crippen molar-refractivity contribution in [2.75, 3.05) is 0 Å². The Bertz CT molecular complexity index is 726. The summed E-state index contributed by atoms with van der Waals surface area (Å²) in [7, 11) is 0. The first kappa shape index (κ1) is 11.3. The lowest BCUT2D eigenvalue weighted by Gasteiger charge is -2.19. The van der Waals surface area contributed by atoms with E-state index in [1.807, 2.05) is 0 Å². The van der Waals surface area contributed by atoms with Crippen LogP contribution in [-0.4, -0.2) is 0 Å². The fraction of sp³-hybridized carbons (Fsp3) is 0.294. The van der Waals surface area contributed by atoms with Crippen LogP contribution in [0, 0.1) is 6.92 Å². The lowest BCUT2D eigenvalue weighted by atomic mass is 9.84. The van der Waals surface area contributed by atoms with Gasteiger partial charge in [0.05, 0.1) is 0 Å². The highest BCUT2D eigenvalue weighted by Crippen LogP contribution is 2.36. The van der Waals surface area contributed by atoms with Gasteiger partial charge in [-0.25, -0.2) is 0 Å². The Morgan fingerprint density at radius 2 is 1.72 bits per heavy atom. The Kier molecular flexibility index (Phi) is 2.28. The minimum absolute atomic E-state index is 0.126. The molecular weight excluding hydrogens is 220 g/mol. The number of aryl methyl sites for hydroxylation is 1. The molecular formula is C17H18O. The van der Waals surface area contributed by atoms with E-state index in [2.05, 4.69) is 64.1 Å². The minimum Gasteiger partial charge on any atom is -0.456 e. The van der Waals surface area contributed by atoms with Crippen LogP contribution in [0.4, 0.5) is 0 Å². The molecule has 0 aliphatic heterocycles. The van der Waals surface area contributed by atoms with E-state index < -0.39 is 0 Å². The highest BCUT2D eigenvalue weighted by molar-refractivity contribution is 6.07. The minimum atomic E-state index is 0.126. The normalized spacial score (nSPS) is 12.4. The maximum atomic E-state index is 5.97. The number of furan rings is 1. The molecule has 0 spiro atoms. The summed E-state index contributed by atoms with van der Waals surface area (Å²) >= 11 is 0. The highest BCUT2D eigenvalue weighted by Gasteiger charge is 2.20. The van der Waals surface area contributed by atoms with Gasteiger partial charge in [0, 0.05) is 10.8 Å². The van der Waals surface area contributed by atoms with Gasteiger partial charge < -0.3 is 4.42 Å². The molecule has 0 radical (unpaired) electrons. The van der Waals surface area contributed by atoms with E-state index in [0.717, 1.165) is 11.2 Å². The second-order valence-corrected chi connectivity index (χ2v) is 6.03. The Hall–Kier alpha value is -1.76. The molecule has 1 heteroatoms. The fourth-order valence-electron chi connectivity index (χ4n) is 2.56. The molecule has 3 aromatic rings. The van der Waals surface area contributed by atoms with E-state index in [1.54, 1.807) is 0 Å². The number of fused-ring (bicyclic) bond motifs is 3. The number of benzene rings is 2. The maximum Gasteiger partial charge on any atom is 0.135 e. The first-order valence-electron chi connectivity index (χ1n) is 6.39. The Labute approximate surface area is 107 Å². The standard InChI is InChI=1S/C17H18O/c1-11-8-9-12-15(10-11)18-14-7-5-6-13(16(12)14)17(2,3)4/h5-10H,1-4H3. The third-order valence-corrected chi connectivity index (χ3v) is 3.46. The van der Waals surface area contributed by atoms with E-state index in [9.17, 15) is 0 Å². The van der Waals surface area contributed by atoms with Crippen LogP contribution in [0.25, 0.3) is 21.9 Å². The lowest BCUT2D eigenvalue weighted by molar-refractivity contribution is 0.594. The van der Waals surface area contributed by atoms with Crippen molar-refractivity contribution in [1.82, 2.24) is 0 Å². The van der Waals surface area contributed by atoms with Gasteiger partial charge in [0.25, 0.3) is 0 Å². The first-order chi connectivity index (χ1) is 8.47. The van der Waals surface area contributed by atoms with Crippen molar-refractivity contribution in [1.29, 1.82) is 0 Å². The summed E-state index contributed by atoms with van der Waals surface area (Å²) in [5, 5.41) is 2.49. The molecule has 0 aliphatic carbocycles. The zero-order chi connectivity index (χ0) is 12.9. The number of hydrogen-bond donors (Lipinski definition) is 0. The zero-order valence-corrected chi connectivity index (χ0v) is 11.4. The SMILES string of the molecule is Cc1ccc2c(c1)oc1cccc(C(C)(C)C)c12. The number of rotatable bonds is 0. The van der Waals surface area contributed by atoms with Crippen LogP contribution in [-0.2, 0) is 5.41 Å². The Balaban J connectivity index is 2.49. The Morgan fingerprint density at radius 3 is 2.44 bits per heavy atom. The average molecular weight is 238 g/mol. The van der Waals surface area contributed by atoms with E-state index in [0.29, 0.717) is 0 Å². The van der Waals surface area contributed by atoms with Gasteiger partial charge in [-0.15, -0.1) is 0 Å². The third kappa shape index (κ3) is 1.62. The summed E-state index contributed by atoms with van der Waals surface area (Å²) in [6, 6.07) is 12.8. The molecule has 0 fully saturated rings. The summed E-state index contributed by atoms with van der Waals surface area (Å²) in [4.78, 5) is 0. The third-order valence-electron chi connectivity index (χ3n) is 3.46. The summed E-state index contributed by atoms with van der Waals surface area (Å²) < 4.78 is 5.97. The number of hydrogen-bond acceptors (Lipinski definition) is 1. The lowest BCUT2D eigenvalue weighted by Crippen LogP contribution is -2.11. The molecule has 0 amide bonds. The topological polar surface area (TPSA) is 13.1 Å². The van der Waals surface area contributed by atoms with E-state index in [-0.39, 0.29) is 5.41 Å².